The predicted molar refractivity (Wildman–Crippen MR) is 102 cm³/mol. The maximum Gasteiger partial charge on any atom is 0.573 e. The van der Waals surface area contributed by atoms with Gasteiger partial charge >= 0.3 is 6.36 Å². The SMILES string of the molecule is Cc1cc(Cn2nc(-c3nc(-c4ccc(OC(F)(F)F)cc4)no3)ccc2=O)ccn1. The maximum atomic E-state index is 12.3. The molecular formula is C20H14F3N5O3. The lowest BCUT2D eigenvalue weighted by molar-refractivity contribution is -0.274. The molecule has 0 unspecified atom stereocenters. The van der Waals surface area contributed by atoms with Gasteiger partial charge in [0.1, 0.15) is 11.4 Å². The van der Waals surface area contributed by atoms with Gasteiger partial charge in [-0.3, -0.25) is 9.78 Å². The molecule has 8 nitrogen and oxygen atoms in total. The zero-order valence-corrected chi connectivity index (χ0v) is 16.0. The van der Waals surface area contributed by atoms with E-state index in [1.807, 2.05) is 13.0 Å². The fraction of sp³-hybridized carbons (Fsp3) is 0.150. The number of rotatable bonds is 5. The van der Waals surface area contributed by atoms with Crippen LogP contribution in [0.5, 0.6) is 5.75 Å². The van der Waals surface area contributed by atoms with Crippen molar-refractivity contribution >= 4 is 0 Å². The van der Waals surface area contributed by atoms with Crippen molar-refractivity contribution in [3.05, 3.63) is 76.3 Å². The van der Waals surface area contributed by atoms with E-state index in [2.05, 4.69) is 25.0 Å². The van der Waals surface area contributed by atoms with Crippen molar-refractivity contribution in [3.63, 3.8) is 0 Å². The first-order valence-corrected chi connectivity index (χ1v) is 8.97. The summed E-state index contributed by atoms with van der Waals surface area (Å²) in [6, 6.07) is 11.5. The highest BCUT2D eigenvalue weighted by atomic mass is 19.4. The van der Waals surface area contributed by atoms with Crippen molar-refractivity contribution in [3.8, 4) is 28.7 Å². The number of halogens is 3. The molecule has 0 aliphatic rings. The lowest BCUT2D eigenvalue weighted by Crippen LogP contribution is -2.22. The number of pyridine rings is 1. The Hall–Kier alpha value is -4.02. The minimum absolute atomic E-state index is 0.0604. The van der Waals surface area contributed by atoms with Crippen molar-refractivity contribution in [2.75, 3.05) is 0 Å². The highest BCUT2D eigenvalue weighted by Crippen LogP contribution is 2.26. The van der Waals surface area contributed by atoms with Crippen LogP contribution in [-0.2, 0) is 6.54 Å². The van der Waals surface area contributed by atoms with E-state index in [0.29, 0.717) is 5.56 Å². The Kier molecular flexibility index (Phi) is 5.24. The van der Waals surface area contributed by atoms with Crippen LogP contribution in [0, 0.1) is 6.92 Å². The van der Waals surface area contributed by atoms with Gasteiger partial charge in [0, 0.05) is 23.5 Å². The van der Waals surface area contributed by atoms with E-state index in [9.17, 15) is 18.0 Å². The molecule has 0 spiro atoms. The van der Waals surface area contributed by atoms with Gasteiger partial charge in [-0.05, 0) is 55.0 Å². The van der Waals surface area contributed by atoms with Gasteiger partial charge in [-0.2, -0.15) is 10.1 Å². The molecule has 0 bridgehead atoms. The summed E-state index contributed by atoms with van der Waals surface area (Å²) in [5.41, 5.74) is 2.06. The van der Waals surface area contributed by atoms with E-state index in [1.54, 1.807) is 12.3 Å². The Balaban J connectivity index is 1.57. The summed E-state index contributed by atoms with van der Waals surface area (Å²) in [5.74, 6) is -0.150. The van der Waals surface area contributed by atoms with Crippen molar-refractivity contribution in [1.29, 1.82) is 0 Å². The molecule has 4 rings (SSSR count). The molecule has 0 saturated heterocycles. The van der Waals surface area contributed by atoms with Crippen LogP contribution in [0.2, 0.25) is 0 Å². The molecule has 1 aromatic carbocycles. The number of hydrogen-bond acceptors (Lipinski definition) is 7. The second-order valence-corrected chi connectivity index (χ2v) is 6.52. The summed E-state index contributed by atoms with van der Waals surface area (Å²) in [5, 5.41) is 8.10. The minimum atomic E-state index is -4.77. The maximum absolute atomic E-state index is 12.3. The zero-order chi connectivity index (χ0) is 22.0. The van der Waals surface area contributed by atoms with Gasteiger partial charge in [0.15, 0.2) is 0 Å². The van der Waals surface area contributed by atoms with Gasteiger partial charge < -0.3 is 9.26 Å². The lowest BCUT2D eigenvalue weighted by Gasteiger charge is -2.08. The van der Waals surface area contributed by atoms with Crippen LogP contribution in [0.4, 0.5) is 13.2 Å². The van der Waals surface area contributed by atoms with E-state index in [0.717, 1.165) is 23.4 Å². The number of aromatic nitrogens is 5. The van der Waals surface area contributed by atoms with Gasteiger partial charge in [0.2, 0.25) is 5.82 Å². The number of benzene rings is 1. The Morgan fingerprint density at radius 2 is 1.87 bits per heavy atom. The molecule has 0 aliphatic carbocycles. The summed E-state index contributed by atoms with van der Waals surface area (Å²) in [4.78, 5) is 20.5. The molecule has 158 valence electrons. The fourth-order valence-electron chi connectivity index (χ4n) is 2.80. The zero-order valence-electron chi connectivity index (χ0n) is 16.0. The van der Waals surface area contributed by atoms with Crippen molar-refractivity contribution in [2.24, 2.45) is 0 Å². The number of aryl methyl sites for hydroxylation is 1. The Morgan fingerprint density at radius 3 is 2.58 bits per heavy atom. The molecule has 3 heterocycles. The Bertz CT molecular complexity index is 1270. The molecule has 0 saturated carbocycles. The Labute approximate surface area is 172 Å². The topological polar surface area (TPSA) is 95.9 Å². The number of nitrogens with zero attached hydrogens (tertiary/aromatic N) is 5. The summed E-state index contributed by atoms with van der Waals surface area (Å²) in [6.45, 7) is 2.08. The van der Waals surface area contributed by atoms with Crippen molar-refractivity contribution in [2.45, 2.75) is 19.8 Å². The van der Waals surface area contributed by atoms with Crippen LogP contribution in [0.3, 0.4) is 0 Å². The van der Waals surface area contributed by atoms with Gasteiger partial charge in [-0.1, -0.05) is 5.16 Å². The van der Waals surface area contributed by atoms with E-state index in [4.69, 9.17) is 4.52 Å². The van der Waals surface area contributed by atoms with Gasteiger partial charge in [-0.25, -0.2) is 4.68 Å². The number of ether oxygens (including phenoxy) is 1. The molecule has 4 aromatic rings. The largest absolute Gasteiger partial charge is 0.573 e. The van der Waals surface area contributed by atoms with Crippen LogP contribution >= 0.6 is 0 Å². The molecule has 0 radical (unpaired) electrons. The van der Waals surface area contributed by atoms with Crippen LogP contribution in [0.1, 0.15) is 11.3 Å². The third kappa shape index (κ3) is 4.94. The van der Waals surface area contributed by atoms with Crippen LogP contribution < -0.4 is 10.3 Å². The lowest BCUT2D eigenvalue weighted by atomic mass is 10.2. The standard InChI is InChI=1S/C20H14F3N5O3/c1-12-10-13(8-9-24-12)11-28-17(29)7-6-16(26-28)19-25-18(27-31-19)14-2-4-15(5-3-14)30-20(21,22)23/h2-10H,11H2,1H3. The van der Waals surface area contributed by atoms with Crippen LogP contribution in [0.15, 0.2) is 64.0 Å². The van der Waals surface area contributed by atoms with Crippen molar-refractivity contribution < 1.29 is 22.4 Å². The van der Waals surface area contributed by atoms with E-state index < -0.39 is 6.36 Å². The van der Waals surface area contributed by atoms with Gasteiger partial charge in [0.05, 0.1) is 6.54 Å². The average Bonchev–Trinajstić information content (AvgIpc) is 3.19. The molecule has 0 amide bonds. The van der Waals surface area contributed by atoms with E-state index >= 15 is 0 Å². The van der Waals surface area contributed by atoms with Crippen LogP contribution in [-0.4, -0.2) is 31.3 Å². The summed E-state index contributed by atoms with van der Waals surface area (Å²) < 4.78 is 47.2. The molecule has 0 aliphatic heterocycles. The highest BCUT2D eigenvalue weighted by molar-refractivity contribution is 5.58. The monoisotopic (exact) mass is 429 g/mol. The van der Waals surface area contributed by atoms with Gasteiger partial charge in [-0.15, -0.1) is 13.2 Å². The van der Waals surface area contributed by atoms with Crippen molar-refractivity contribution in [1.82, 2.24) is 24.9 Å². The first kappa shape index (κ1) is 20.3. The highest BCUT2D eigenvalue weighted by Gasteiger charge is 2.31. The normalized spacial score (nSPS) is 11.5. The average molecular weight is 429 g/mol. The molecule has 11 heteroatoms. The Morgan fingerprint density at radius 1 is 1.10 bits per heavy atom. The third-order valence-corrected chi connectivity index (χ3v) is 4.15. The summed E-state index contributed by atoms with van der Waals surface area (Å²) in [6.07, 6.45) is -3.13. The van der Waals surface area contributed by atoms with Gasteiger partial charge in [0.25, 0.3) is 11.4 Å². The first-order chi connectivity index (χ1) is 14.8. The fourth-order valence-corrected chi connectivity index (χ4v) is 2.80. The molecule has 31 heavy (non-hydrogen) atoms. The van der Waals surface area contributed by atoms with E-state index in [-0.39, 0.29) is 35.3 Å². The molecule has 3 aromatic heterocycles. The molecule has 0 fully saturated rings. The van der Waals surface area contributed by atoms with E-state index in [1.165, 1.54) is 28.9 Å². The number of alkyl halides is 3. The number of hydrogen-bond donors (Lipinski definition) is 0. The summed E-state index contributed by atoms with van der Waals surface area (Å²) >= 11 is 0. The minimum Gasteiger partial charge on any atom is -0.406 e. The molecular weight excluding hydrogens is 415 g/mol. The smallest absolute Gasteiger partial charge is 0.406 e. The molecule has 0 atom stereocenters. The molecule has 0 N–H and O–H groups in total. The first-order valence-electron chi connectivity index (χ1n) is 8.97. The van der Waals surface area contributed by atoms with Crippen LogP contribution in [0.25, 0.3) is 23.0 Å². The predicted octanol–water partition coefficient (Wildman–Crippen LogP) is 3.61. The second-order valence-electron chi connectivity index (χ2n) is 6.52. The summed E-state index contributed by atoms with van der Waals surface area (Å²) in [7, 11) is 0. The quantitative estimate of drug-likeness (QED) is 0.478. The second kappa shape index (κ2) is 8.01. The third-order valence-electron chi connectivity index (χ3n) is 4.15.